The van der Waals surface area contributed by atoms with Crippen LogP contribution in [0.1, 0.15) is 82.6 Å². The minimum absolute atomic E-state index is 0.0174. The van der Waals surface area contributed by atoms with E-state index in [1.807, 2.05) is 11.8 Å². The van der Waals surface area contributed by atoms with Gasteiger partial charge in [-0.1, -0.05) is 38.0 Å². The number of anilines is 1. The summed E-state index contributed by atoms with van der Waals surface area (Å²) in [5.74, 6) is -3.81. The molecule has 350 valence electrons. The average Bonchev–Trinajstić information content (AvgIpc) is 3.73. The van der Waals surface area contributed by atoms with Crippen LogP contribution in [0.3, 0.4) is 0 Å². The van der Waals surface area contributed by atoms with Gasteiger partial charge in [-0.2, -0.15) is 4.37 Å². The fraction of sp³-hybridized carbons (Fsp3) is 0.524. The fourth-order valence-electron chi connectivity index (χ4n) is 6.16. The molecule has 1 aromatic heterocycles. The highest BCUT2D eigenvalue weighted by Crippen LogP contribution is 2.35. The van der Waals surface area contributed by atoms with E-state index in [4.69, 9.17) is 38.3 Å². The normalized spacial score (nSPS) is 13.3. The Morgan fingerprint density at radius 3 is 2.30 bits per heavy atom. The van der Waals surface area contributed by atoms with Crippen molar-refractivity contribution in [2.24, 2.45) is 5.14 Å². The summed E-state index contributed by atoms with van der Waals surface area (Å²) >= 11 is 0.927. The van der Waals surface area contributed by atoms with E-state index in [0.29, 0.717) is 56.3 Å². The molecule has 0 bridgehead atoms. The number of carbonyl (C=O) groups is 6. The molecule has 0 radical (unpaired) electrons. The Balaban J connectivity index is 1.35. The number of esters is 4. The van der Waals surface area contributed by atoms with Crippen molar-refractivity contribution in [1.29, 1.82) is 0 Å². The molecule has 1 amide bonds. The van der Waals surface area contributed by atoms with Crippen LogP contribution >= 0.6 is 11.7 Å². The minimum atomic E-state index is -4.40. The maximum Gasteiger partial charge on any atom is 0.344 e. The van der Waals surface area contributed by atoms with Crippen molar-refractivity contribution in [3.63, 3.8) is 0 Å². The van der Waals surface area contributed by atoms with Gasteiger partial charge in [-0.3, -0.25) is 19.2 Å². The number of morpholine rings is 1. The number of sulfonamides is 1. The molecule has 0 unspecified atom stereocenters. The monoisotopic (exact) mass is 933 g/mol. The molecule has 0 saturated carbocycles. The maximum atomic E-state index is 13.6. The summed E-state index contributed by atoms with van der Waals surface area (Å²) in [4.78, 5) is 79.0. The smallest absolute Gasteiger partial charge is 0.344 e. The second kappa shape index (κ2) is 24.4. The van der Waals surface area contributed by atoms with Gasteiger partial charge in [-0.15, -0.1) is 4.37 Å². The molecular formula is C42H55N5O15S2. The second-order valence-electron chi connectivity index (χ2n) is 15.5. The van der Waals surface area contributed by atoms with Gasteiger partial charge in [0.2, 0.25) is 15.8 Å². The number of nitrogens with zero attached hydrogens (tertiary/aromatic N) is 4. The van der Waals surface area contributed by atoms with Crippen LogP contribution in [0.4, 0.5) is 5.82 Å². The number of amides is 1. The maximum absolute atomic E-state index is 13.6. The molecule has 2 aromatic carbocycles. The Kier molecular flexibility index (Phi) is 19.4. The van der Waals surface area contributed by atoms with Gasteiger partial charge in [-0.25, -0.2) is 23.1 Å². The standard InChI is InChI=1S/C42H55N5O15S2/c1-6-7-9-12-29-21-30(22-34(64(43,54)55)38(29)62-32-13-10-8-11-14-32)41(53)60-24-31(49)15-16-36(51)58-26-35(50)47(42(3,4)5)23-33(61-37(52)27-57-28(2)48)25-59-40-39(44-63-45-40)46-17-19-56-20-18-46/h8,10-11,13-14,21-22,33H,6-7,9,12,15-20,23-27H2,1-5H3,(H2,43,54,55)/t33-/m0/s1. The summed E-state index contributed by atoms with van der Waals surface area (Å²) in [6.45, 7) is 7.69. The lowest BCUT2D eigenvalue weighted by molar-refractivity contribution is -0.166. The number of nitrogens with two attached hydrogens (primary N) is 1. The molecule has 2 heterocycles. The Morgan fingerprint density at radius 2 is 1.64 bits per heavy atom. The molecule has 2 N–H and O–H groups in total. The number of ketones is 1. The van der Waals surface area contributed by atoms with Crippen LogP contribution in [0.25, 0.3) is 0 Å². The van der Waals surface area contributed by atoms with Gasteiger partial charge >= 0.3 is 23.9 Å². The van der Waals surface area contributed by atoms with E-state index < -0.39 is 94.8 Å². The van der Waals surface area contributed by atoms with E-state index >= 15 is 0 Å². The van der Waals surface area contributed by atoms with Crippen molar-refractivity contribution < 1.29 is 70.3 Å². The van der Waals surface area contributed by atoms with Crippen LogP contribution in [-0.4, -0.2) is 129 Å². The summed E-state index contributed by atoms with van der Waals surface area (Å²) < 4.78 is 72.0. The number of aromatic nitrogens is 2. The van der Waals surface area contributed by atoms with Crippen molar-refractivity contribution in [1.82, 2.24) is 13.6 Å². The molecule has 1 atom stereocenters. The highest BCUT2D eigenvalue weighted by molar-refractivity contribution is 7.89. The lowest BCUT2D eigenvalue weighted by Crippen LogP contribution is -2.52. The molecule has 20 nitrogen and oxygen atoms in total. The molecule has 1 saturated heterocycles. The first-order chi connectivity index (χ1) is 30.3. The molecule has 0 aliphatic carbocycles. The topological polar surface area (TPSA) is 259 Å². The van der Waals surface area contributed by atoms with E-state index in [1.54, 1.807) is 51.1 Å². The Labute approximate surface area is 376 Å². The quantitative estimate of drug-likeness (QED) is 0.0761. The zero-order valence-corrected chi connectivity index (χ0v) is 38.2. The van der Waals surface area contributed by atoms with E-state index in [1.165, 1.54) is 11.0 Å². The molecule has 1 aliphatic heterocycles. The van der Waals surface area contributed by atoms with Crippen LogP contribution in [-0.2, 0) is 64.1 Å². The summed E-state index contributed by atoms with van der Waals surface area (Å²) in [7, 11) is -4.40. The Bertz CT molecular complexity index is 2190. The predicted molar refractivity (Wildman–Crippen MR) is 229 cm³/mol. The lowest BCUT2D eigenvalue weighted by atomic mass is 10.0. The third-order valence-corrected chi connectivity index (χ3v) is 10.8. The van der Waals surface area contributed by atoms with Crippen molar-refractivity contribution in [2.75, 3.05) is 64.2 Å². The van der Waals surface area contributed by atoms with Gasteiger partial charge in [0.15, 0.2) is 30.9 Å². The van der Waals surface area contributed by atoms with Crippen molar-refractivity contribution in [3.05, 3.63) is 53.6 Å². The number of ether oxygens (including phenoxy) is 7. The summed E-state index contributed by atoms with van der Waals surface area (Å²) in [5.41, 5.74) is -0.665. The second-order valence-corrected chi connectivity index (χ2v) is 17.6. The number of benzene rings is 2. The number of unbranched alkanes of at least 4 members (excludes halogenated alkanes) is 2. The first kappa shape index (κ1) is 50.9. The van der Waals surface area contributed by atoms with Crippen LogP contribution in [0.15, 0.2) is 47.4 Å². The van der Waals surface area contributed by atoms with E-state index in [2.05, 4.69) is 8.75 Å². The van der Waals surface area contributed by atoms with Crippen molar-refractivity contribution in [3.8, 4) is 17.4 Å². The van der Waals surface area contributed by atoms with Gasteiger partial charge in [0.05, 0.1) is 43.5 Å². The number of carbonyl (C=O) groups excluding carboxylic acids is 6. The van der Waals surface area contributed by atoms with E-state index in [9.17, 15) is 37.2 Å². The number of primary sulfonamides is 1. The SMILES string of the molecule is CCCCCc1cc(C(=O)OCC(=O)CCC(=O)OCC(=O)N(C[C@@H](COc2nsnc2N2CCOCC2)OC(=O)COC(C)=O)C(C)(C)C)cc(S(N)(=O)=O)c1Oc1ccccc1. The van der Waals surface area contributed by atoms with Crippen LogP contribution in [0, 0.1) is 0 Å². The first-order valence-electron chi connectivity index (χ1n) is 20.5. The molecular weight excluding hydrogens is 879 g/mol. The Morgan fingerprint density at radius 1 is 0.922 bits per heavy atom. The molecule has 22 heteroatoms. The number of hydrogen-bond donors (Lipinski definition) is 1. The van der Waals surface area contributed by atoms with Crippen LogP contribution in [0.5, 0.6) is 17.4 Å². The minimum Gasteiger partial charge on any atom is -0.470 e. The lowest BCUT2D eigenvalue weighted by Gasteiger charge is -2.37. The van der Waals surface area contributed by atoms with Crippen LogP contribution in [0.2, 0.25) is 0 Å². The number of aryl methyl sites for hydroxylation is 1. The highest BCUT2D eigenvalue weighted by Gasteiger charge is 2.33. The average molecular weight is 934 g/mol. The first-order valence-corrected chi connectivity index (χ1v) is 22.8. The van der Waals surface area contributed by atoms with Gasteiger partial charge in [-0.05, 0) is 63.4 Å². The van der Waals surface area contributed by atoms with Gasteiger partial charge in [0.25, 0.3) is 11.8 Å². The Hall–Kier alpha value is -5.71. The zero-order chi connectivity index (χ0) is 46.9. The number of Topliss-reactive ketones (excluding diaryl/α,β-unsaturated/α-hetero) is 1. The molecule has 4 rings (SSSR count). The van der Waals surface area contributed by atoms with Crippen LogP contribution < -0.4 is 19.5 Å². The van der Waals surface area contributed by atoms with Gasteiger partial charge < -0.3 is 43.0 Å². The van der Waals surface area contributed by atoms with Gasteiger partial charge in [0.1, 0.15) is 23.9 Å². The summed E-state index contributed by atoms with van der Waals surface area (Å²) in [5, 5.41) is 5.56. The van der Waals surface area contributed by atoms with E-state index in [0.717, 1.165) is 37.6 Å². The summed E-state index contributed by atoms with van der Waals surface area (Å²) in [6.07, 6.45) is 0.735. The molecule has 1 aliphatic rings. The third kappa shape index (κ3) is 16.4. The number of hydrogen-bond acceptors (Lipinski definition) is 19. The summed E-state index contributed by atoms with van der Waals surface area (Å²) in [6, 6.07) is 10.9. The third-order valence-electron chi connectivity index (χ3n) is 9.36. The molecule has 3 aromatic rings. The molecule has 1 fully saturated rings. The molecule has 0 spiro atoms. The largest absolute Gasteiger partial charge is 0.470 e. The fourth-order valence-corrected chi connectivity index (χ4v) is 7.41. The predicted octanol–water partition coefficient (Wildman–Crippen LogP) is 3.78. The number of rotatable bonds is 24. The van der Waals surface area contributed by atoms with E-state index in [-0.39, 0.29) is 30.3 Å². The van der Waals surface area contributed by atoms with Crippen molar-refractivity contribution >= 4 is 63.1 Å². The van der Waals surface area contributed by atoms with Crippen molar-refractivity contribution in [2.45, 2.75) is 89.7 Å². The molecule has 64 heavy (non-hydrogen) atoms. The number of para-hydroxylation sites is 1. The highest BCUT2D eigenvalue weighted by atomic mass is 32.2. The zero-order valence-electron chi connectivity index (χ0n) is 36.5. The van der Waals surface area contributed by atoms with Gasteiger partial charge in [0, 0.05) is 32.0 Å².